The maximum Gasteiger partial charge on any atom is 0.412 e. The lowest BCUT2D eigenvalue weighted by Gasteiger charge is -2.44. The van der Waals surface area contributed by atoms with E-state index in [1.807, 2.05) is 13.0 Å². The molecule has 0 bridgehead atoms. The standard InChI is InChI=1S/C33H43FN4O6/c1-20(2)26-13-12-22(4)17-28(26)44-33(43)38-15-7-14-37(32(42)35-25-11-6-10-24(34)18-25)31(38)30(41)36-27(19-29(39)40)23-9-5-8-21(3)16-23/h5-6,8-11,16,18,20,22,26-28,31H,7,12-15,17,19H2,1-4H3,(H,35,42)(H,36,41)(H,39,40). The number of aryl methyl sites for hydroxylation is 1. The van der Waals surface area contributed by atoms with Crippen LogP contribution in [0.1, 0.15) is 70.0 Å². The Morgan fingerprint density at radius 1 is 1.05 bits per heavy atom. The van der Waals surface area contributed by atoms with Gasteiger partial charge in [-0.15, -0.1) is 0 Å². The molecule has 238 valence electrons. The Morgan fingerprint density at radius 2 is 1.77 bits per heavy atom. The lowest BCUT2D eigenvalue weighted by Crippen LogP contribution is -2.64. The van der Waals surface area contributed by atoms with Crippen molar-refractivity contribution in [1.29, 1.82) is 0 Å². The number of carboxylic acid groups (broad SMARTS) is 1. The van der Waals surface area contributed by atoms with Crippen LogP contribution in [-0.2, 0) is 14.3 Å². The van der Waals surface area contributed by atoms with Crippen molar-refractivity contribution in [1.82, 2.24) is 15.1 Å². The van der Waals surface area contributed by atoms with Crippen LogP contribution in [-0.4, -0.2) is 64.3 Å². The SMILES string of the molecule is Cc1cccc(C(CC(=O)O)NC(=O)C2N(C(=O)Nc3cccc(F)c3)CCCN2C(=O)OC2CC(C)CCC2C(C)C)c1. The van der Waals surface area contributed by atoms with Gasteiger partial charge < -0.3 is 20.5 Å². The number of hydrogen-bond acceptors (Lipinski definition) is 5. The van der Waals surface area contributed by atoms with E-state index in [9.17, 15) is 28.7 Å². The van der Waals surface area contributed by atoms with E-state index in [0.717, 1.165) is 24.5 Å². The van der Waals surface area contributed by atoms with Crippen LogP contribution in [0, 0.1) is 30.5 Å². The number of carbonyl (C=O) groups is 4. The normalized spacial score (nSPS) is 22.7. The van der Waals surface area contributed by atoms with Gasteiger partial charge in [0.1, 0.15) is 11.9 Å². The predicted molar refractivity (Wildman–Crippen MR) is 163 cm³/mol. The number of benzene rings is 2. The molecule has 4 rings (SSSR count). The molecule has 2 aromatic carbocycles. The van der Waals surface area contributed by atoms with Gasteiger partial charge in [-0.05, 0) is 67.7 Å². The Labute approximate surface area is 257 Å². The van der Waals surface area contributed by atoms with Crippen molar-refractivity contribution in [3.05, 3.63) is 65.5 Å². The fraction of sp³-hybridized carbons (Fsp3) is 0.515. The molecule has 5 unspecified atom stereocenters. The molecular formula is C33H43FN4O6. The number of aliphatic carboxylic acids is 1. The highest BCUT2D eigenvalue weighted by atomic mass is 19.1. The Balaban J connectivity index is 1.64. The molecule has 44 heavy (non-hydrogen) atoms. The van der Waals surface area contributed by atoms with Crippen LogP contribution in [0.3, 0.4) is 0 Å². The number of amides is 4. The van der Waals surface area contributed by atoms with E-state index in [1.165, 1.54) is 28.0 Å². The molecule has 5 atom stereocenters. The molecule has 11 heteroatoms. The number of carbonyl (C=O) groups excluding carboxylic acids is 3. The van der Waals surface area contributed by atoms with Crippen LogP contribution in [0.4, 0.5) is 19.7 Å². The van der Waals surface area contributed by atoms with Crippen LogP contribution in [0.2, 0.25) is 0 Å². The lowest BCUT2D eigenvalue weighted by molar-refractivity contribution is -0.139. The van der Waals surface area contributed by atoms with Crippen molar-refractivity contribution in [3.8, 4) is 0 Å². The quantitative estimate of drug-likeness (QED) is 0.340. The van der Waals surface area contributed by atoms with E-state index in [0.29, 0.717) is 30.2 Å². The first kappa shape index (κ1) is 32.8. The monoisotopic (exact) mass is 610 g/mol. The summed E-state index contributed by atoms with van der Waals surface area (Å²) in [6.07, 6.45) is 0.182. The zero-order valence-electron chi connectivity index (χ0n) is 25.8. The number of urea groups is 1. The first-order valence-electron chi connectivity index (χ1n) is 15.3. The molecule has 1 saturated heterocycles. The van der Waals surface area contributed by atoms with E-state index in [4.69, 9.17) is 4.74 Å². The van der Waals surface area contributed by atoms with Gasteiger partial charge in [-0.3, -0.25) is 19.4 Å². The third-order valence-electron chi connectivity index (χ3n) is 8.55. The summed E-state index contributed by atoms with van der Waals surface area (Å²) in [6, 6.07) is 10.9. The summed E-state index contributed by atoms with van der Waals surface area (Å²) in [6.45, 7) is 8.48. The molecule has 0 spiro atoms. The highest BCUT2D eigenvalue weighted by Crippen LogP contribution is 2.36. The number of hydrogen-bond donors (Lipinski definition) is 3. The summed E-state index contributed by atoms with van der Waals surface area (Å²) in [5.74, 6) is -1.55. The summed E-state index contributed by atoms with van der Waals surface area (Å²) in [5, 5.41) is 15.1. The minimum atomic E-state index is -1.43. The smallest absolute Gasteiger partial charge is 0.412 e. The Kier molecular flexibility index (Phi) is 10.8. The molecular weight excluding hydrogens is 567 g/mol. The van der Waals surface area contributed by atoms with Gasteiger partial charge in [0.2, 0.25) is 0 Å². The fourth-order valence-electron chi connectivity index (χ4n) is 6.28. The van der Waals surface area contributed by atoms with Crippen molar-refractivity contribution >= 4 is 29.7 Å². The molecule has 1 aliphatic carbocycles. The number of rotatable bonds is 8. The summed E-state index contributed by atoms with van der Waals surface area (Å²) in [5.41, 5.74) is 1.65. The second kappa shape index (κ2) is 14.5. The minimum Gasteiger partial charge on any atom is -0.481 e. The summed E-state index contributed by atoms with van der Waals surface area (Å²) in [4.78, 5) is 55.7. The average Bonchev–Trinajstić information content (AvgIpc) is 2.96. The lowest BCUT2D eigenvalue weighted by atomic mass is 9.75. The molecule has 0 aromatic heterocycles. The summed E-state index contributed by atoms with van der Waals surface area (Å²) < 4.78 is 20.0. The Morgan fingerprint density at radius 3 is 2.45 bits per heavy atom. The zero-order chi connectivity index (χ0) is 32.0. The molecule has 1 heterocycles. The molecule has 1 aliphatic heterocycles. The van der Waals surface area contributed by atoms with E-state index >= 15 is 0 Å². The van der Waals surface area contributed by atoms with Crippen molar-refractivity contribution in [2.45, 2.75) is 78.1 Å². The minimum absolute atomic E-state index is 0.131. The van der Waals surface area contributed by atoms with Gasteiger partial charge >= 0.3 is 18.1 Å². The Hall–Kier alpha value is -4.15. The number of halogens is 1. The van der Waals surface area contributed by atoms with Gasteiger partial charge in [0.15, 0.2) is 6.17 Å². The number of ether oxygens (including phenoxy) is 1. The van der Waals surface area contributed by atoms with E-state index in [-0.39, 0.29) is 30.8 Å². The average molecular weight is 611 g/mol. The summed E-state index contributed by atoms with van der Waals surface area (Å²) in [7, 11) is 0. The van der Waals surface area contributed by atoms with Crippen LogP contribution in [0.15, 0.2) is 48.5 Å². The number of anilines is 1. The number of nitrogens with zero attached hydrogens (tertiary/aromatic N) is 2. The largest absolute Gasteiger partial charge is 0.481 e. The van der Waals surface area contributed by atoms with Crippen LogP contribution >= 0.6 is 0 Å². The highest BCUT2D eigenvalue weighted by molar-refractivity contribution is 5.95. The Bertz CT molecular complexity index is 1350. The fourth-order valence-corrected chi connectivity index (χ4v) is 6.28. The zero-order valence-corrected chi connectivity index (χ0v) is 25.8. The summed E-state index contributed by atoms with van der Waals surface area (Å²) >= 11 is 0. The van der Waals surface area contributed by atoms with Crippen LogP contribution in [0.25, 0.3) is 0 Å². The molecule has 10 nitrogen and oxygen atoms in total. The second-order valence-corrected chi connectivity index (χ2v) is 12.4. The second-order valence-electron chi connectivity index (χ2n) is 12.4. The van der Waals surface area contributed by atoms with Gasteiger partial charge in [0, 0.05) is 18.8 Å². The van der Waals surface area contributed by atoms with Gasteiger partial charge in [0.25, 0.3) is 5.91 Å². The van der Waals surface area contributed by atoms with Crippen molar-refractivity contribution in [2.75, 3.05) is 18.4 Å². The van der Waals surface area contributed by atoms with Crippen LogP contribution in [0.5, 0.6) is 0 Å². The molecule has 2 fully saturated rings. The molecule has 4 amide bonds. The maximum atomic E-state index is 14.1. The molecule has 2 aliphatic rings. The third-order valence-corrected chi connectivity index (χ3v) is 8.55. The van der Waals surface area contributed by atoms with Gasteiger partial charge in [0.05, 0.1) is 12.5 Å². The van der Waals surface area contributed by atoms with E-state index in [2.05, 4.69) is 31.4 Å². The molecule has 3 N–H and O–H groups in total. The predicted octanol–water partition coefficient (Wildman–Crippen LogP) is 5.93. The number of nitrogens with one attached hydrogen (secondary N) is 2. The van der Waals surface area contributed by atoms with E-state index in [1.54, 1.807) is 18.2 Å². The molecule has 1 saturated carbocycles. The van der Waals surface area contributed by atoms with Crippen LogP contribution < -0.4 is 10.6 Å². The molecule has 0 radical (unpaired) electrons. The van der Waals surface area contributed by atoms with E-state index < -0.39 is 48.4 Å². The van der Waals surface area contributed by atoms with Gasteiger partial charge in [-0.2, -0.15) is 0 Å². The number of carboxylic acids is 1. The molecule has 2 aromatic rings. The van der Waals surface area contributed by atoms with Gasteiger partial charge in [-0.1, -0.05) is 63.1 Å². The topological polar surface area (TPSA) is 128 Å². The third kappa shape index (κ3) is 8.27. The van der Waals surface area contributed by atoms with Crippen molar-refractivity contribution < 1.29 is 33.4 Å². The highest BCUT2D eigenvalue weighted by Gasteiger charge is 2.44. The maximum absolute atomic E-state index is 14.1. The first-order valence-corrected chi connectivity index (χ1v) is 15.3. The van der Waals surface area contributed by atoms with Crippen molar-refractivity contribution in [2.24, 2.45) is 17.8 Å². The van der Waals surface area contributed by atoms with Gasteiger partial charge in [-0.25, -0.2) is 14.0 Å². The first-order chi connectivity index (χ1) is 20.9. The van der Waals surface area contributed by atoms with Crippen molar-refractivity contribution in [3.63, 3.8) is 0 Å².